The summed E-state index contributed by atoms with van der Waals surface area (Å²) in [6.45, 7) is 0. The zero-order chi connectivity index (χ0) is 15.5. The van der Waals surface area contributed by atoms with Crippen LogP contribution in [0.1, 0.15) is 10.5 Å². The first-order chi connectivity index (χ1) is 10.7. The van der Waals surface area contributed by atoms with E-state index in [0.29, 0.717) is 16.4 Å². The number of nitrogens with two attached hydrogens (primary N) is 1. The van der Waals surface area contributed by atoms with Crippen molar-refractivity contribution in [1.82, 2.24) is 15.2 Å². The molecule has 0 saturated heterocycles. The summed E-state index contributed by atoms with van der Waals surface area (Å²) in [6.07, 6.45) is 0. The number of hydrogen-bond acceptors (Lipinski definition) is 3. The molecule has 6 heteroatoms. The molecule has 0 radical (unpaired) electrons. The third kappa shape index (κ3) is 2.72. The number of para-hydroxylation sites is 1. The van der Waals surface area contributed by atoms with Crippen molar-refractivity contribution in [2.45, 2.75) is 0 Å². The minimum absolute atomic E-state index is 0.360. The van der Waals surface area contributed by atoms with E-state index in [0.717, 1.165) is 11.3 Å². The van der Waals surface area contributed by atoms with Crippen LogP contribution in [0.5, 0.6) is 0 Å². The van der Waals surface area contributed by atoms with Gasteiger partial charge < -0.3 is 0 Å². The van der Waals surface area contributed by atoms with E-state index >= 15 is 0 Å². The highest BCUT2D eigenvalue weighted by atomic mass is 35.5. The SMILES string of the molecule is NNC(=O)c1cc(-c2ccc(Cl)cc2)nn1-c1ccccc1. The van der Waals surface area contributed by atoms with Gasteiger partial charge in [-0.05, 0) is 30.3 Å². The largest absolute Gasteiger partial charge is 0.289 e. The van der Waals surface area contributed by atoms with Gasteiger partial charge in [0.25, 0.3) is 5.91 Å². The van der Waals surface area contributed by atoms with E-state index in [1.54, 1.807) is 22.9 Å². The summed E-state index contributed by atoms with van der Waals surface area (Å²) in [5.41, 5.74) is 4.82. The average Bonchev–Trinajstić information content (AvgIpc) is 3.01. The molecule has 1 heterocycles. The van der Waals surface area contributed by atoms with Crippen LogP contribution in [0.4, 0.5) is 0 Å². The quantitative estimate of drug-likeness (QED) is 0.444. The summed E-state index contributed by atoms with van der Waals surface area (Å²) in [4.78, 5) is 12.0. The number of halogens is 1. The predicted octanol–water partition coefficient (Wildman–Crippen LogP) is 2.80. The number of amides is 1. The maximum absolute atomic E-state index is 12.0. The molecule has 0 aliphatic rings. The molecule has 0 bridgehead atoms. The maximum atomic E-state index is 12.0. The van der Waals surface area contributed by atoms with Gasteiger partial charge in [0.2, 0.25) is 0 Å². The van der Waals surface area contributed by atoms with Crippen molar-refractivity contribution in [3.63, 3.8) is 0 Å². The smallest absolute Gasteiger partial charge is 0.283 e. The Bertz CT molecular complexity index is 797. The molecule has 3 N–H and O–H groups in total. The van der Waals surface area contributed by atoms with Crippen LogP contribution >= 0.6 is 11.6 Å². The van der Waals surface area contributed by atoms with E-state index in [9.17, 15) is 4.79 Å². The number of hydrazine groups is 1. The summed E-state index contributed by atoms with van der Waals surface area (Å²) < 4.78 is 1.56. The van der Waals surface area contributed by atoms with Crippen LogP contribution in [-0.2, 0) is 0 Å². The van der Waals surface area contributed by atoms with Crippen LogP contribution in [0.15, 0.2) is 60.7 Å². The Kier molecular flexibility index (Phi) is 3.91. The molecule has 1 amide bonds. The summed E-state index contributed by atoms with van der Waals surface area (Å²) in [5.74, 6) is 4.85. The van der Waals surface area contributed by atoms with E-state index in [1.807, 2.05) is 42.5 Å². The molecular weight excluding hydrogens is 300 g/mol. The maximum Gasteiger partial charge on any atom is 0.283 e. The normalized spacial score (nSPS) is 10.5. The van der Waals surface area contributed by atoms with Gasteiger partial charge in [-0.25, -0.2) is 10.5 Å². The van der Waals surface area contributed by atoms with Crippen molar-refractivity contribution in [3.8, 4) is 16.9 Å². The lowest BCUT2D eigenvalue weighted by Crippen LogP contribution is -2.31. The van der Waals surface area contributed by atoms with Gasteiger partial charge in [-0.15, -0.1) is 0 Å². The highest BCUT2D eigenvalue weighted by molar-refractivity contribution is 6.30. The fourth-order valence-corrected chi connectivity index (χ4v) is 2.27. The van der Waals surface area contributed by atoms with Gasteiger partial charge in [0.1, 0.15) is 5.69 Å². The Hall–Kier alpha value is -2.63. The molecule has 22 heavy (non-hydrogen) atoms. The van der Waals surface area contributed by atoms with E-state index in [1.165, 1.54) is 0 Å². The van der Waals surface area contributed by atoms with Gasteiger partial charge in [-0.3, -0.25) is 10.2 Å². The highest BCUT2D eigenvalue weighted by Crippen LogP contribution is 2.23. The predicted molar refractivity (Wildman–Crippen MR) is 85.7 cm³/mol. The summed E-state index contributed by atoms with van der Waals surface area (Å²) >= 11 is 5.90. The van der Waals surface area contributed by atoms with Gasteiger partial charge >= 0.3 is 0 Å². The number of rotatable bonds is 3. The van der Waals surface area contributed by atoms with Crippen LogP contribution in [0.2, 0.25) is 5.02 Å². The fourth-order valence-electron chi connectivity index (χ4n) is 2.14. The molecule has 110 valence electrons. The Morgan fingerprint density at radius 3 is 2.41 bits per heavy atom. The van der Waals surface area contributed by atoms with Gasteiger partial charge in [-0.1, -0.05) is 41.9 Å². The number of aromatic nitrogens is 2. The minimum Gasteiger partial charge on any atom is -0.289 e. The molecule has 3 rings (SSSR count). The van der Waals surface area contributed by atoms with Gasteiger partial charge in [-0.2, -0.15) is 5.10 Å². The topological polar surface area (TPSA) is 72.9 Å². The number of carbonyl (C=O) groups is 1. The van der Waals surface area contributed by atoms with Crippen molar-refractivity contribution < 1.29 is 4.79 Å². The number of nitrogen functional groups attached to an aromatic ring is 1. The van der Waals surface area contributed by atoms with E-state index in [-0.39, 0.29) is 0 Å². The second-order valence-corrected chi connectivity index (χ2v) is 5.08. The molecule has 5 nitrogen and oxygen atoms in total. The Balaban J connectivity index is 2.13. The summed E-state index contributed by atoms with van der Waals surface area (Å²) in [5, 5.41) is 5.15. The van der Waals surface area contributed by atoms with Crippen molar-refractivity contribution in [3.05, 3.63) is 71.4 Å². The monoisotopic (exact) mass is 312 g/mol. The van der Waals surface area contributed by atoms with Gasteiger partial charge in [0, 0.05) is 10.6 Å². The number of nitrogens with one attached hydrogen (secondary N) is 1. The molecule has 0 unspecified atom stereocenters. The molecular formula is C16H13ClN4O. The first-order valence-electron chi connectivity index (χ1n) is 6.61. The second-order valence-electron chi connectivity index (χ2n) is 4.64. The summed E-state index contributed by atoms with van der Waals surface area (Å²) in [6, 6.07) is 18.3. The van der Waals surface area contributed by atoms with Crippen molar-refractivity contribution >= 4 is 17.5 Å². The molecule has 0 aliphatic heterocycles. The van der Waals surface area contributed by atoms with E-state index in [4.69, 9.17) is 17.4 Å². The van der Waals surface area contributed by atoms with Crippen molar-refractivity contribution in [2.75, 3.05) is 0 Å². The lowest BCUT2D eigenvalue weighted by atomic mass is 10.1. The van der Waals surface area contributed by atoms with Crippen LogP contribution in [-0.4, -0.2) is 15.7 Å². The van der Waals surface area contributed by atoms with Crippen molar-refractivity contribution in [2.24, 2.45) is 5.84 Å². The molecule has 1 aromatic heterocycles. The molecule has 0 aliphatic carbocycles. The Morgan fingerprint density at radius 1 is 1.09 bits per heavy atom. The standard InChI is InChI=1S/C16H13ClN4O/c17-12-8-6-11(7-9-12)14-10-15(16(22)19-18)21(20-14)13-4-2-1-3-5-13/h1-10H,18H2,(H,19,22). The van der Waals surface area contributed by atoms with Crippen LogP contribution in [0.3, 0.4) is 0 Å². The third-order valence-corrected chi connectivity index (χ3v) is 3.47. The first kappa shape index (κ1) is 14.3. The lowest BCUT2D eigenvalue weighted by Gasteiger charge is -2.05. The average molecular weight is 313 g/mol. The zero-order valence-corrected chi connectivity index (χ0v) is 12.3. The van der Waals surface area contributed by atoms with Crippen LogP contribution in [0.25, 0.3) is 16.9 Å². The van der Waals surface area contributed by atoms with E-state index in [2.05, 4.69) is 10.5 Å². The van der Waals surface area contributed by atoms with Crippen LogP contribution < -0.4 is 11.3 Å². The zero-order valence-electron chi connectivity index (χ0n) is 11.5. The Labute approximate surface area is 132 Å². The molecule has 0 saturated carbocycles. The Morgan fingerprint density at radius 2 is 1.77 bits per heavy atom. The highest BCUT2D eigenvalue weighted by Gasteiger charge is 2.16. The lowest BCUT2D eigenvalue weighted by molar-refractivity contribution is 0.0946. The number of hydrogen-bond donors (Lipinski definition) is 2. The molecule has 3 aromatic rings. The second kappa shape index (κ2) is 6.01. The third-order valence-electron chi connectivity index (χ3n) is 3.21. The number of nitrogens with zero attached hydrogens (tertiary/aromatic N) is 2. The molecule has 2 aromatic carbocycles. The van der Waals surface area contributed by atoms with Gasteiger partial charge in [0.05, 0.1) is 11.4 Å². The molecule has 0 atom stereocenters. The van der Waals surface area contributed by atoms with Crippen LogP contribution in [0, 0.1) is 0 Å². The number of benzene rings is 2. The summed E-state index contributed by atoms with van der Waals surface area (Å²) in [7, 11) is 0. The number of carbonyl (C=O) groups excluding carboxylic acids is 1. The minimum atomic E-state index is -0.406. The molecule has 0 fully saturated rings. The molecule has 0 spiro atoms. The van der Waals surface area contributed by atoms with Crippen molar-refractivity contribution in [1.29, 1.82) is 0 Å². The fraction of sp³-hybridized carbons (Fsp3) is 0. The van der Waals surface area contributed by atoms with Gasteiger partial charge in [0.15, 0.2) is 0 Å². The first-order valence-corrected chi connectivity index (χ1v) is 6.99. The van der Waals surface area contributed by atoms with E-state index < -0.39 is 5.91 Å².